The van der Waals surface area contributed by atoms with Crippen LogP contribution < -0.4 is 15.4 Å². The number of halogens is 5. The molecule has 1 aliphatic rings. The number of fused-ring (bicyclic) bond motifs is 2. The molecule has 2 aromatic carbocycles. The van der Waals surface area contributed by atoms with Crippen LogP contribution in [0.5, 0.6) is 5.75 Å². The van der Waals surface area contributed by atoms with E-state index in [1.165, 1.54) is 10.7 Å². The second-order valence-corrected chi connectivity index (χ2v) is 9.62. The van der Waals surface area contributed by atoms with Gasteiger partial charge in [0.2, 0.25) is 0 Å². The van der Waals surface area contributed by atoms with E-state index < -0.39 is 23.5 Å². The molecule has 216 valence electrons. The number of ether oxygens (including phenoxy) is 1. The van der Waals surface area contributed by atoms with Gasteiger partial charge in [0.15, 0.2) is 5.82 Å². The van der Waals surface area contributed by atoms with E-state index in [1.54, 1.807) is 31.2 Å². The summed E-state index contributed by atoms with van der Waals surface area (Å²) >= 11 is 0. The molecule has 0 bridgehead atoms. The summed E-state index contributed by atoms with van der Waals surface area (Å²) in [6, 6.07) is 11.8. The van der Waals surface area contributed by atoms with Gasteiger partial charge in [-0.05, 0) is 25.1 Å². The standard InChI is InChI=1S/C29H24F5N7O/c1-2-42-17-12-21(30)20(22(31)13-17)15-41-24-6-4-3-5-18(24)26(40-41)28-38-23-8-9-35-14-19(23)27(39-28)37-16-7-10-36-25(11-16)29(32,33)34/h3-7,10-13,35H,2,8-9,14-15H2,1H3,(H,36,37,38,39). The first-order chi connectivity index (χ1) is 20.2. The summed E-state index contributed by atoms with van der Waals surface area (Å²) < 4.78 is 76.4. The molecule has 0 spiro atoms. The smallest absolute Gasteiger partial charge is 0.433 e. The molecule has 1 aliphatic heterocycles. The van der Waals surface area contributed by atoms with E-state index in [4.69, 9.17) is 9.72 Å². The van der Waals surface area contributed by atoms with Gasteiger partial charge in [-0.3, -0.25) is 9.67 Å². The fourth-order valence-electron chi connectivity index (χ4n) is 4.90. The van der Waals surface area contributed by atoms with E-state index in [2.05, 4.69) is 25.7 Å². The van der Waals surface area contributed by atoms with Crippen molar-refractivity contribution in [1.29, 1.82) is 0 Å². The highest BCUT2D eigenvalue weighted by atomic mass is 19.4. The predicted molar refractivity (Wildman–Crippen MR) is 145 cm³/mol. The van der Waals surface area contributed by atoms with Crippen molar-refractivity contribution in [2.75, 3.05) is 18.5 Å². The lowest BCUT2D eigenvalue weighted by atomic mass is 10.1. The van der Waals surface area contributed by atoms with Crippen LogP contribution in [0.1, 0.15) is 29.4 Å². The Morgan fingerprint density at radius 2 is 1.83 bits per heavy atom. The first kappa shape index (κ1) is 27.5. The lowest BCUT2D eigenvalue weighted by molar-refractivity contribution is -0.141. The number of para-hydroxylation sites is 1. The van der Waals surface area contributed by atoms with Crippen LogP contribution in [-0.4, -0.2) is 37.9 Å². The van der Waals surface area contributed by atoms with Crippen molar-refractivity contribution in [2.45, 2.75) is 32.6 Å². The van der Waals surface area contributed by atoms with Crippen molar-refractivity contribution in [2.24, 2.45) is 0 Å². The van der Waals surface area contributed by atoms with Gasteiger partial charge < -0.3 is 15.4 Å². The molecule has 13 heteroatoms. The Morgan fingerprint density at radius 1 is 1.05 bits per heavy atom. The van der Waals surface area contributed by atoms with Crippen LogP contribution in [0.25, 0.3) is 22.4 Å². The van der Waals surface area contributed by atoms with Crippen LogP contribution in [0.2, 0.25) is 0 Å². The summed E-state index contributed by atoms with van der Waals surface area (Å²) in [7, 11) is 0. The molecule has 0 saturated carbocycles. The Balaban J connectivity index is 1.43. The minimum atomic E-state index is -4.61. The van der Waals surface area contributed by atoms with Gasteiger partial charge in [-0.15, -0.1) is 0 Å². The topological polar surface area (TPSA) is 89.8 Å². The van der Waals surface area contributed by atoms with Crippen LogP contribution in [0.3, 0.4) is 0 Å². The third-order valence-electron chi connectivity index (χ3n) is 6.85. The van der Waals surface area contributed by atoms with Crippen molar-refractivity contribution in [3.63, 3.8) is 0 Å². The van der Waals surface area contributed by atoms with Gasteiger partial charge in [0.1, 0.15) is 34.6 Å². The van der Waals surface area contributed by atoms with E-state index in [9.17, 15) is 22.0 Å². The molecule has 2 N–H and O–H groups in total. The van der Waals surface area contributed by atoms with Crippen LogP contribution in [0, 0.1) is 11.6 Å². The number of alkyl halides is 3. The van der Waals surface area contributed by atoms with Crippen molar-refractivity contribution in [1.82, 2.24) is 30.0 Å². The van der Waals surface area contributed by atoms with Crippen molar-refractivity contribution < 1.29 is 26.7 Å². The molecule has 8 nitrogen and oxygen atoms in total. The normalized spacial score (nSPS) is 13.3. The maximum Gasteiger partial charge on any atom is 0.433 e. The Bertz CT molecular complexity index is 1760. The van der Waals surface area contributed by atoms with E-state index in [1.807, 2.05) is 0 Å². The molecule has 0 unspecified atom stereocenters. The molecule has 0 saturated heterocycles. The number of rotatable bonds is 7. The number of hydrogen-bond donors (Lipinski definition) is 2. The number of hydrogen-bond acceptors (Lipinski definition) is 7. The lowest BCUT2D eigenvalue weighted by Gasteiger charge is -2.20. The zero-order valence-electron chi connectivity index (χ0n) is 22.3. The lowest BCUT2D eigenvalue weighted by Crippen LogP contribution is -2.26. The van der Waals surface area contributed by atoms with Gasteiger partial charge in [-0.1, -0.05) is 18.2 Å². The minimum absolute atomic E-state index is 0.0933. The van der Waals surface area contributed by atoms with Gasteiger partial charge >= 0.3 is 6.18 Å². The number of pyridine rings is 1. The van der Waals surface area contributed by atoms with Gasteiger partial charge in [0.25, 0.3) is 0 Å². The van der Waals surface area contributed by atoms with E-state index in [-0.39, 0.29) is 36.0 Å². The number of nitrogens with zero attached hydrogens (tertiary/aromatic N) is 5. The highest BCUT2D eigenvalue weighted by Crippen LogP contribution is 2.33. The van der Waals surface area contributed by atoms with Crippen LogP contribution in [-0.2, 0) is 25.7 Å². The Hall–Kier alpha value is -4.65. The predicted octanol–water partition coefficient (Wildman–Crippen LogP) is 6.02. The average Bonchev–Trinajstić information content (AvgIpc) is 3.33. The van der Waals surface area contributed by atoms with Crippen molar-refractivity contribution >= 4 is 22.4 Å². The van der Waals surface area contributed by atoms with Crippen LogP contribution in [0.4, 0.5) is 33.5 Å². The molecule has 0 radical (unpaired) electrons. The monoisotopic (exact) mass is 581 g/mol. The molecule has 42 heavy (non-hydrogen) atoms. The highest BCUT2D eigenvalue weighted by Gasteiger charge is 2.32. The summed E-state index contributed by atoms with van der Waals surface area (Å²) in [4.78, 5) is 12.9. The molecule has 0 atom stereocenters. The third kappa shape index (κ3) is 5.34. The Morgan fingerprint density at radius 3 is 2.60 bits per heavy atom. The average molecular weight is 582 g/mol. The van der Waals surface area contributed by atoms with Crippen LogP contribution in [0.15, 0.2) is 54.7 Å². The molecule has 0 aliphatic carbocycles. The molecule has 4 heterocycles. The highest BCUT2D eigenvalue weighted by molar-refractivity contribution is 5.92. The van der Waals surface area contributed by atoms with Gasteiger partial charge in [0.05, 0.1) is 24.4 Å². The van der Waals surface area contributed by atoms with Crippen molar-refractivity contribution in [3.8, 4) is 17.3 Å². The second kappa shape index (κ2) is 11.0. The van der Waals surface area contributed by atoms with Gasteiger partial charge in [-0.2, -0.15) is 18.3 Å². The Labute approximate surface area is 236 Å². The third-order valence-corrected chi connectivity index (χ3v) is 6.85. The summed E-state index contributed by atoms with van der Waals surface area (Å²) in [5, 5.41) is 11.5. The molecular formula is C29H24F5N7O. The fraction of sp³-hybridized carbons (Fsp3) is 0.241. The number of aromatic nitrogens is 5. The van der Waals surface area contributed by atoms with E-state index in [0.29, 0.717) is 47.6 Å². The molecule has 6 rings (SSSR count). The number of anilines is 2. The van der Waals surface area contributed by atoms with Crippen LogP contribution >= 0.6 is 0 Å². The molecule has 3 aromatic heterocycles. The molecular weight excluding hydrogens is 557 g/mol. The fourth-order valence-corrected chi connectivity index (χ4v) is 4.90. The largest absolute Gasteiger partial charge is 0.494 e. The number of benzene rings is 2. The van der Waals surface area contributed by atoms with E-state index >= 15 is 0 Å². The van der Waals surface area contributed by atoms with Crippen molar-refractivity contribution in [3.05, 3.63) is 88.9 Å². The molecule has 0 fully saturated rings. The van der Waals surface area contributed by atoms with Gasteiger partial charge in [-0.25, -0.2) is 18.7 Å². The maximum absolute atomic E-state index is 14.9. The summed E-state index contributed by atoms with van der Waals surface area (Å²) in [6.45, 7) is 2.85. The quantitative estimate of drug-likeness (QED) is 0.227. The van der Waals surface area contributed by atoms with Gasteiger partial charge in [0, 0.05) is 60.0 Å². The summed E-state index contributed by atoms with van der Waals surface area (Å²) in [6.07, 6.45) is -2.97. The molecule has 0 amide bonds. The summed E-state index contributed by atoms with van der Waals surface area (Å²) in [5.41, 5.74) is 1.34. The molecule has 5 aromatic rings. The van der Waals surface area contributed by atoms with E-state index in [0.717, 1.165) is 30.0 Å². The SMILES string of the molecule is CCOc1cc(F)c(Cn2nc(-c3nc4c(c(Nc5ccnc(C(F)(F)F)c5)n3)CNCC4)c3ccccc32)c(F)c1. The maximum atomic E-state index is 14.9. The number of nitrogens with one attached hydrogen (secondary N) is 2. The zero-order chi connectivity index (χ0) is 29.4. The second-order valence-electron chi connectivity index (χ2n) is 9.62. The minimum Gasteiger partial charge on any atom is -0.494 e. The summed E-state index contributed by atoms with van der Waals surface area (Å²) in [5.74, 6) is -0.885. The first-order valence-corrected chi connectivity index (χ1v) is 13.2. The first-order valence-electron chi connectivity index (χ1n) is 13.2. The zero-order valence-corrected chi connectivity index (χ0v) is 22.3. The Kier molecular flexibility index (Phi) is 7.19.